The Labute approximate surface area is 166 Å². The Bertz CT molecular complexity index is 825. The topological polar surface area (TPSA) is 71.3 Å². The molecule has 6 heteroatoms. The molecule has 28 heavy (non-hydrogen) atoms. The summed E-state index contributed by atoms with van der Waals surface area (Å²) in [4.78, 5) is 19.6. The number of likely N-dealkylation sites (tertiary alicyclic amines) is 1. The van der Waals surface area contributed by atoms with E-state index in [4.69, 9.17) is 4.52 Å². The van der Waals surface area contributed by atoms with E-state index in [1.54, 1.807) is 0 Å². The molecule has 2 fully saturated rings. The van der Waals surface area contributed by atoms with E-state index in [9.17, 15) is 4.79 Å². The lowest BCUT2D eigenvalue weighted by atomic mass is 9.92. The second-order valence-electron chi connectivity index (χ2n) is 9.38. The number of nitrogens with one attached hydrogen (secondary N) is 1. The number of hydrogen-bond acceptors (Lipinski definition) is 5. The molecule has 4 rings (SSSR count). The number of fused-ring (bicyclic) bond motifs is 1. The van der Waals surface area contributed by atoms with E-state index in [-0.39, 0.29) is 11.3 Å². The van der Waals surface area contributed by atoms with Crippen molar-refractivity contribution in [3.05, 3.63) is 35.7 Å². The van der Waals surface area contributed by atoms with Gasteiger partial charge in [-0.2, -0.15) is 4.98 Å². The normalized spacial score (nSPS) is 22.8. The summed E-state index contributed by atoms with van der Waals surface area (Å²) < 4.78 is 5.41. The summed E-state index contributed by atoms with van der Waals surface area (Å²) in [6.45, 7) is 10.3. The SMILES string of the molecule is CC(C)(C)Cc1nc(-c2cccc(C(=O)N3CC[C@@H]4CNC[C@@H]4CC3)c2)no1. The Hall–Kier alpha value is -2.21. The molecule has 0 radical (unpaired) electrons. The van der Waals surface area contributed by atoms with Crippen molar-refractivity contribution in [3.63, 3.8) is 0 Å². The van der Waals surface area contributed by atoms with Crippen LogP contribution in [0.3, 0.4) is 0 Å². The van der Waals surface area contributed by atoms with E-state index in [2.05, 4.69) is 36.2 Å². The first-order valence-corrected chi connectivity index (χ1v) is 10.3. The molecule has 0 aliphatic carbocycles. The third-order valence-corrected chi connectivity index (χ3v) is 5.82. The van der Waals surface area contributed by atoms with Crippen molar-refractivity contribution in [3.8, 4) is 11.4 Å². The molecule has 1 aromatic carbocycles. The van der Waals surface area contributed by atoms with Crippen LogP contribution in [0.4, 0.5) is 0 Å². The average Bonchev–Trinajstić information content (AvgIpc) is 3.25. The van der Waals surface area contributed by atoms with Gasteiger partial charge in [0.2, 0.25) is 11.7 Å². The molecule has 2 aromatic rings. The van der Waals surface area contributed by atoms with Gasteiger partial charge in [-0.05, 0) is 55.3 Å². The molecule has 0 saturated carbocycles. The minimum absolute atomic E-state index is 0.0855. The summed E-state index contributed by atoms with van der Waals surface area (Å²) in [6.07, 6.45) is 2.90. The highest BCUT2D eigenvalue weighted by Crippen LogP contribution is 2.28. The first-order chi connectivity index (χ1) is 13.4. The fraction of sp³-hybridized carbons (Fsp3) is 0.591. The van der Waals surface area contributed by atoms with Gasteiger partial charge < -0.3 is 14.7 Å². The molecule has 3 heterocycles. The fourth-order valence-corrected chi connectivity index (χ4v) is 4.29. The van der Waals surface area contributed by atoms with Gasteiger partial charge in [-0.1, -0.05) is 38.1 Å². The van der Waals surface area contributed by atoms with Gasteiger partial charge in [0.15, 0.2) is 0 Å². The zero-order chi connectivity index (χ0) is 19.7. The molecule has 1 amide bonds. The van der Waals surface area contributed by atoms with E-state index in [0.717, 1.165) is 51.0 Å². The zero-order valence-corrected chi connectivity index (χ0v) is 17.1. The summed E-state index contributed by atoms with van der Waals surface area (Å²) in [6, 6.07) is 7.61. The molecule has 0 bridgehead atoms. The molecule has 1 aromatic heterocycles. The van der Waals surface area contributed by atoms with Crippen LogP contribution in [0.15, 0.2) is 28.8 Å². The molecule has 0 spiro atoms. The van der Waals surface area contributed by atoms with Crippen molar-refractivity contribution in [1.29, 1.82) is 0 Å². The minimum Gasteiger partial charge on any atom is -0.339 e. The maximum Gasteiger partial charge on any atom is 0.253 e. The van der Waals surface area contributed by atoms with Gasteiger partial charge >= 0.3 is 0 Å². The molecular weight excluding hydrogens is 352 g/mol. The van der Waals surface area contributed by atoms with Gasteiger partial charge in [-0.3, -0.25) is 4.79 Å². The molecule has 2 saturated heterocycles. The van der Waals surface area contributed by atoms with Crippen LogP contribution < -0.4 is 5.32 Å². The van der Waals surface area contributed by atoms with Crippen LogP contribution >= 0.6 is 0 Å². The smallest absolute Gasteiger partial charge is 0.253 e. The van der Waals surface area contributed by atoms with Crippen LogP contribution in [0.2, 0.25) is 0 Å². The van der Waals surface area contributed by atoms with Crippen molar-refractivity contribution in [2.45, 2.75) is 40.0 Å². The number of benzene rings is 1. The number of carbonyl (C=O) groups excluding carboxylic acids is 1. The Balaban J connectivity index is 1.48. The van der Waals surface area contributed by atoms with Crippen LogP contribution in [0.1, 0.15) is 49.9 Å². The quantitative estimate of drug-likeness (QED) is 0.881. The van der Waals surface area contributed by atoms with E-state index < -0.39 is 0 Å². The standard InChI is InChI=1S/C22H30N4O2/c1-22(2,3)12-19-24-20(25-28-19)15-5-4-6-16(11-15)21(27)26-9-7-17-13-23-14-18(17)8-10-26/h4-6,11,17-18,23H,7-10,12-14H2,1-3H3/t17-,18+. The van der Waals surface area contributed by atoms with Crippen LogP contribution in [0.5, 0.6) is 0 Å². The molecule has 0 unspecified atom stereocenters. The molecule has 2 atom stereocenters. The van der Waals surface area contributed by atoms with Crippen LogP contribution in [0, 0.1) is 17.3 Å². The van der Waals surface area contributed by atoms with Crippen molar-refractivity contribution in [2.24, 2.45) is 17.3 Å². The number of aromatic nitrogens is 2. The summed E-state index contributed by atoms with van der Waals surface area (Å²) in [5.74, 6) is 2.71. The number of carbonyl (C=O) groups is 1. The second-order valence-corrected chi connectivity index (χ2v) is 9.38. The van der Waals surface area contributed by atoms with Gasteiger partial charge in [-0.15, -0.1) is 0 Å². The van der Waals surface area contributed by atoms with E-state index >= 15 is 0 Å². The lowest BCUT2D eigenvalue weighted by Crippen LogP contribution is -2.32. The van der Waals surface area contributed by atoms with Crippen molar-refractivity contribution in [2.75, 3.05) is 26.2 Å². The number of rotatable bonds is 3. The summed E-state index contributed by atoms with van der Waals surface area (Å²) in [5, 5.41) is 7.60. The third-order valence-electron chi connectivity index (χ3n) is 5.82. The summed E-state index contributed by atoms with van der Waals surface area (Å²) in [7, 11) is 0. The summed E-state index contributed by atoms with van der Waals surface area (Å²) in [5.41, 5.74) is 1.61. The molecular formula is C22H30N4O2. The second kappa shape index (κ2) is 7.66. The third kappa shape index (κ3) is 4.27. The van der Waals surface area contributed by atoms with Gasteiger partial charge in [0.25, 0.3) is 5.91 Å². The van der Waals surface area contributed by atoms with E-state index in [1.807, 2.05) is 29.2 Å². The van der Waals surface area contributed by atoms with Crippen LogP contribution in [-0.4, -0.2) is 47.1 Å². The first-order valence-electron chi connectivity index (χ1n) is 10.3. The van der Waals surface area contributed by atoms with Crippen molar-refractivity contribution in [1.82, 2.24) is 20.4 Å². The van der Waals surface area contributed by atoms with Crippen LogP contribution in [0.25, 0.3) is 11.4 Å². The monoisotopic (exact) mass is 382 g/mol. The molecule has 1 N–H and O–H groups in total. The number of amides is 1. The molecule has 6 nitrogen and oxygen atoms in total. The van der Waals surface area contributed by atoms with Gasteiger partial charge in [0.1, 0.15) is 0 Å². The van der Waals surface area contributed by atoms with E-state index in [1.165, 1.54) is 0 Å². The van der Waals surface area contributed by atoms with Crippen LogP contribution in [-0.2, 0) is 6.42 Å². The van der Waals surface area contributed by atoms with Crippen molar-refractivity contribution >= 4 is 5.91 Å². The van der Waals surface area contributed by atoms with Gasteiger partial charge in [0.05, 0.1) is 0 Å². The molecule has 150 valence electrons. The zero-order valence-electron chi connectivity index (χ0n) is 17.1. The number of hydrogen-bond donors (Lipinski definition) is 1. The highest BCUT2D eigenvalue weighted by molar-refractivity contribution is 5.95. The fourth-order valence-electron chi connectivity index (χ4n) is 4.29. The lowest BCUT2D eigenvalue weighted by Gasteiger charge is -2.21. The van der Waals surface area contributed by atoms with Gasteiger partial charge in [0, 0.05) is 30.6 Å². The Morgan fingerprint density at radius 3 is 2.61 bits per heavy atom. The largest absolute Gasteiger partial charge is 0.339 e. The predicted octanol–water partition coefficient (Wildman–Crippen LogP) is 3.40. The van der Waals surface area contributed by atoms with Gasteiger partial charge in [-0.25, -0.2) is 0 Å². The molecule has 2 aliphatic rings. The Kier molecular flexibility index (Phi) is 5.23. The Morgan fingerprint density at radius 1 is 1.21 bits per heavy atom. The predicted molar refractivity (Wildman–Crippen MR) is 108 cm³/mol. The number of nitrogens with zero attached hydrogens (tertiary/aromatic N) is 3. The minimum atomic E-state index is 0.0855. The highest BCUT2D eigenvalue weighted by Gasteiger charge is 2.31. The first kappa shape index (κ1) is 19.1. The maximum atomic E-state index is 13.1. The molecule has 2 aliphatic heterocycles. The average molecular weight is 383 g/mol. The highest BCUT2D eigenvalue weighted by atomic mass is 16.5. The Morgan fingerprint density at radius 2 is 1.93 bits per heavy atom. The van der Waals surface area contributed by atoms with Crippen molar-refractivity contribution < 1.29 is 9.32 Å². The van der Waals surface area contributed by atoms with E-state index in [0.29, 0.717) is 29.1 Å². The lowest BCUT2D eigenvalue weighted by molar-refractivity contribution is 0.0758. The maximum absolute atomic E-state index is 13.1. The summed E-state index contributed by atoms with van der Waals surface area (Å²) >= 11 is 0.